The van der Waals surface area contributed by atoms with E-state index in [4.69, 9.17) is 16.3 Å². The second kappa shape index (κ2) is 8.23. The third-order valence-electron chi connectivity index (χ3n) is 4.91. The highest BCUT2D eigenvalue weighted by atomic mass is 35.5. The molecule has 1 aliphatic rings. The summed E-state index contributed by atoms with van der Waals surface area (Å²) in [5, 5.41) is 5.94. The minimum absolute atomic E-state index is 0.218. The van der Waals surface area contributed by atoms with E-state index >= 15 is 0 Å². The Kier molecular flexibility index (Phi) is 5.71. The van der Waals surface area contributed by atoms with E-state index in [1.54, 1.807) is 30.2 Å². The number of halogens is 2. The van der Waals surface area contributed by atoms with E-state index in [2.05, 4.69) is 17.0 Å². The van der Waals surface area contributed by atoms with Crippen molar-refractivity contribution in [3.05, 3.63) is 76.8 Å². The van der Waals surface area contributed by atoms with E-state index in [1.807, 2.05) is 28.9 Å². The molecular formula is C21H21ClFN3OS. The second-order valence-electron chi connectivity index (χ2n) is 6.82. The SMILES string of the molecule is CCCCSc1ncnn1C[C@]1(c2ccc(F)cc2)O[C@@H]1c1ccccc1Cl. The molecule has 0 radical (unpaired) electrons. The van der Waals surface area contributed by atoms with Crippen LogP contribution in [-0.4, -0.2) is 20.5 Å². The van der Waals surface area contributed by atoms with Gasteiger partial charge in [-0.1, -0.05) is 67.0 Å². The van der Waals surface area contributed by atoms with Crippen LogP contribution in [0.4, 0.5) is 4.39 Å². The zero-order chi connectivity index (χ0) is 19.6. The lowest BCUT2D eigenvalue weighted by atomic mass is 9.91. The second-order valence-corrected chi connectivity index (χ2v) is 8.29. The first kappa shape index (κ1) is 19.4. The molecule has 1 aliphatic heterocycles. The van der Waals surface area contributed by atoms with Gasteiger partial charge in [0.25, 0.3) is 0 Å². The first-order valence-corrected chi connectivity index (χ1v) is 10.7. The van der Waals surface area contributed by atoms with E-state index in [9.17, 15) is 4.39 Å². The number of ether oxygens (including phenoxy) is 1. The Morgan fingerprint density at radius 1 is 1.21 bits per heavy atom. The smallest absolute Gasteiger partial charge is 0.186 e. The number of aromatic nitrogens is 3. The summed E-state index contributed by atoms with van der Waals surface area (Å²) >= 11 is 8.11. The standard InChI is InChI=1S/C21H21ClFN3OS/c1-2-3-12-28-20-24-14-25-26(20)13-21(15-8-10-16(23)11-9-15)19(27-21)17-6-4-5-7-18(17)22/h4-11,14,19H,2-3,12-13H2,1H3/t19-,21-/m1/s1. The molecule has 2 heterocycles. The van der Waals surface area contributed by atoms with E-state index in [1.165, 1.54) is 12.1 Å². The summed E-state index contributed by atoms with van der Waals surface area (Å²) in [5.74, 6) is 0.721. The minimum Gasteiger partial charge on any atom is -0.354 e. The molecule has 1 fully saturated rings. The molecule has 28 heavy (non-hydrogen) atoms. The molecule has 1 aromatic heterocycles. The molecule has 2 atom stereocenters. The molecule has 4 nitrogen and oxygen atoms in total. The molecule has 146 valence electrons. The molecule has 0 amide bonds. The van der Waals surface area contributed by atoms with Crippen LogP contribution >= 0.6 is 23.4 Å². The maximum Gasteiger partial charge on any atom is 0.186 e. The van der Waals surface area contributed by atoms with Crippen LogP contribution in [0.1, 0.15) is 37.0 Å². The number of hydrogen-bond acceptors (Lipinski definition) is 4. The number of benzene rings is 2. The molecule has 0 bridgehead atoms. The summed E-state index contributed by atoms with van der Waals surface area (Å²) < 4.78 is 21.6. The Balaban J connectivity index is 1.66. The fraction of sp³-hybridized carbons (Fsp3) is 0.333. The van der Waals surface area contributed by atoms with Crippen LogP contribution in [0.3, 0.4) is 0 Å². The van der Waals surface area contributed by atoms with Crippen molar-refractivity contribution in [2.45, 2.75) is 43.2 Å². The summed E-state index contributed by atoms with van der Waals surface area (Å²) in [4.78, 5) is 4.40. The van der Waals surface area contributed by atoms with Gasteiger partial charge in [-0.15, -0.1) is 0 Å². The molecule has 0 spiro atoms. The Morgan fingerprint density at radius 3 is 2.75 bits per heavy atom. The number of hydrogen-bond donors (Lipinski definition) is 0. The largest absolute Gasteiger partial charge is 0.354 e. The van der Waals surface area contributed by atoms with Crippen LogP contribution in [0.5, 0.6) is 0 Å². The van der Waals surface area contributed by atoms with Gasteiger partial charge in [-0.05, 0) is 30.2 Å². The summed E-state index contributed by atoms with van der Waals surface area (Å²) in [6, 6.07) is 14.1. The van der Waals surface area contributed by atoms with Crippen molar-refractivity contribution in [3.63, 3.8) is 0 Å². The molecule has 2 aromatic carbocycles. The maximum atomic E-state index is 13.5. The topological polar surface area (TPSA) is 43.2 Å². The quantitative estimate of drug-likeness (QED) is 0.270. The van der Waals surface area contributed by atoms with Crippen molar-refractivity contribution in [1.82, 2.24) is 14.8 Å². The number of thioether (sulfide) groups is 1. The molecule has 7 heteroatoms. The van der Waals surface area contributed by atoms with Gasteiger partial charge in [0.2, 0.25) is 0 Å². The maximum absolute atomic E-state index is 13.5. The van der Waals surface area contributed by atoms with Crippen LogP contribution in [0, 0.1) is 5.82 Å². The van der Waals surface area contributed by atoms with Crippen LogP contribution in [-0.2, 0) is 16.9 Å². The van der Waals surface area contributed by atoms with E-state index in [-0.39, 0.29) is 11.9 Å². The van der Waals surface area contributed by atoms with Crippen molar-refractivity contribution in [3.8, 4) is 0 Å². The number of nitrogens with zero attached hydrogens (tertiary/aromatic N) is 3. The minimum atomic E-state index is -0.646. The summed E-state index contributed by atoms with van der Waals surface area (Å²) in [7, 11) is 0. The van der Waals surface area contributed by atoms with Crippen molar-refractivity contribution >= 4 is 23.4 Å². The first-order chi connectivity index (χ1) is 13.6. The highest BCUT2D eigenvalue weighted by molar-refractivity contribution is 7.99. The van der Waals surface area contributed by atoms with Crippen LogP contribution in [0.15, 0.2) is 60.0 Å². The van der Waals surface area contributed by atoms with E-state index < -0.39 is 5.60 Å². The number of unbranched alkanes of at least 4 members (excludes halogenated alkanes) is 1. The zero-order valence-electron chi connectivity index (χ0n) is 15.5. The monoisotopic (exact) mass is 417 g/mol. The molecule has 0 aliphatic carbocycles. The van der Waals surface area contributed by atoms with Crippen molar-refractivity contribution < 1.29 is 9.13 Å². The Morgan fingerprint density at radius 2 is 2.00 bits per heavy atom. The number of epoxide rings is 1. The highest BCUT2D eigenvalue weighted by Crippen LogP contribution is 2.59. The fourth-order valence-electron chi connectivity index (χ4n) is 3.35. The van der Waals surface area contributed by atoms with Gasteiger partial charge in [0.05, 0.1) is 6.54 Å². The molecule has 0 unspecified atom stereocenters. The lowest BCUT2D eigenvalue weighted by Crippen LogP contribution is -2.20. The number of rotatable bonds is 8. The van der Waals surface area contributed by atoms with Gasteiger partial charge in [0.15, 0.2) is 5.16 Å². The van der Waals surface area contributed by atoms with Gasteiger partial charge in [-0.25, -0.2) is 14.1 Å². The van der Waals surface area contributed by atoms with Crippen molar-refractivity contribution in [2.75, 3.05) is 5.75 Å². The fourth-order valence-corrected chi connectivity index (χ4v) is 4.58. The summed E-state index contributed by atoms with van der Waals surface area (Å²) in [5.41, 5.74) is 1.18. The van der Waals surface area contributed by atoms with Crippen LogP contribution in [0.2, 0.25) is 5.02 Å². The van der Waals surface area contributed by atoms with E-state index in [0.717, 1.165) is 34.9 Å². The van der Waals surface area contributed by atoms with Gasteiger partial charge >= 0.3 is 0 Å². The lowest BCUT2D eigenvalue weighted by molar-refractivity contribution is 0.256. The molecule has 4 rings (SSSR count). The molecule has 0 N–H and O–H groups in total. The average molecular weight is 418 g/mol. The molecule has 1 saturated heterocycles. The molecule has 0 saturated carbocycles. The third-order valence-corrected chi connectivity index (χ3v) is 6.32. The zero-order valence-corrected chi connectivity index (χ0v) is 17.1. The normalized spacial score (nSPS) is 21.0. The van der Waals surface area contributed by atoms with Gasteiger partial charge in [0.1, 0.15) is 23.8 Å². The summed E-state index contributed by atoms with van der Waals surface area (Å²) in [6.07, 6.45) is 3.61. The highest BCUT2D eigenvalue weighted by Gasteiger charge is 2.59. The third kappa shape index (κ3) is 3.81. The van der Waals surface area contributed by atoms with Gasteiger partial charge < -0.3 is 4.74 Å². The Labute approximate surface area is 173 Å². The van der Waals surface area contributed by atoms with Gasteiger partial charge in [-0.2, -0.15) is 5.10 Å². The predicted molar refractivity (Wildman–Crippen MR) is 109 cm³/mol. The van der Waals surface area contributed by atoms with Gasteiger partial charge in [-0.3, -0.25) is 0 Å². The van der Waals surface area contributed by atoms with Crippen molar-refractivity contribution in [1.29, 1.82) is 0 Å². The molecular weight excluding hydrogens is 397 g/mol. The Bertz CT molecular complexity index is 949. The van der Waals surface area contributed by atoms with Crippen LogP contribution in [0.25, 0.3) is 0 Å². The van der Waals surface area contributed by atoms with Gasteiger partial charge in [0, 0.05) is 16.3 Å². The predicted octanol–water partition coefficient (Wildman–Crippen LogP) is 5.63. The lowest BCUT2D eigenvalue weighted by Gasteiger charge is -2.16. The summed E-state index contributed by atoms with van der Waals surface area (Å²) in [6.45, 7) is 2.66. The van der Waals surface area contributed by atoms with Crippen LogP contribution < -0.4 is 0 Å². The van der Waals surface area contributed by atoms with E-state index in [0.29, 0.717) is 11.6 Å². The average Bonchev–Trinajstić information content (AvgIpc) is 3.25. The Hall–Kier alpha value is -1.89. The first-order valence-electron chi connectivity index (χ1n) is 9.33. The van der Waals surface area contributed by atoms with Crippen molar-refractivity contribution in [2.24, 2.45) is 0 Å². The molecule has 3 aromatic rings.